The second-order valence-electron chi connectivity index (χ2n) is 4.14. The topological polar surface area (TPSA) is 41.6 Å². The summed E-state index contributed by atoms with van der Waals surface area (Å²) >= 11 is 0. The number of rotatable bonds is 2. The molecule has 0 radical (unpaired) electrons. The van der Waals surface area contributed by atoms with Crippen molar-refractivity contribution >= 4 is 6.09 Å². The van der Waals surface area contributed by atoms with E-state index in [1.54, 1.807) is 0 Å². The van der Waals surface area contributed by atoms with E-state index in [1.807, 2.05) is 4.90 Å². The molecule has 2 heterocycles. The summed E-state index contributed by atoms with van der Waals surface area (Å²) in [6.07, 6.45) is 2.21. The van der Waals surface area contributed by atoms with Crippen molar-refractivity contribution in [3.05, 3.63) is 0 Å². The maximum absolute atomic E-state index is 11.3. The molecular weight excluding hydrogens is 180 g/mol. The Morgan fingerprint density at radius 1 is 1.50 bits per heavy atom. The van der Waals surface area contributed by atoms with Crippen molar-refractivity contribution in [2.24, 2.45) is 5.92 Å². The van der Waals surface area contributed by atoms with Gasteiger partial charge < -0.3 is 15.0 Å². The maximum atomic E-state index is 11.3. The molecule has 2 rings (SSSR count). The fourth-order valence-electron chi connectivity index (χ4n) is 2.36. The van der Waals surface area contributed by atoms with Crippen molar-refractivity contribution in [3.63, 3.8) is 0 Å². The van der Waals surface area contributed by atoms with Crippen LogP contribution in [0, 0.1) is 5.92 Å². The molecule has 2 saturated heterocycles. The lowest BCUT2D eigenvalue weighted by Gasteiger charge is -2.32. The first-order chi connectivity index (χ1) is 6.79. The molecule has 4 heteroatoms. The van der Waals surface area contributed by atoms with E-state index in [2.05, 4.69) is 12.2 Å². The van der Waals surface area contributed by atoms with Gasteiger partial charge >= 0.3 is 6.09 Å². The molecule has 0 aliphatic carbocycles. The van der Waals surface area contributed by atoms with Crippen LogP contribution in [0.1, 0.15) is 19.8 Å². The van der Waals surface area contributed by atoms with E-state index in [0.717, 1.165) is 19.6 Å². The van der Waals surface area contributed by atoms with E-state index in [1.165, 1.54) is 12.8 Å². The van der Waals surface area contributed by atoms with Crippen LogP contribution < -0.4 is 5.32 Å². The van der Waals surface area contributed by atoms with Gasteiger partial charge in [0.1, 0.15) is 6.61 Å². The highest BCUT2D eigenvalue weighted by Crippen LogP contribution is 2.22. The minimum absolute atomic E-state index is 0.129. The molecule has 1 atom stereocenters. The van der Waals surface area contributed by atoms with Crippen molar-refractivity contribution < 1.29 is 9.53 Å². The molecule has 0 aromatic heterocycles. The largest absolute Gasteiger partial charge is 0.448 e. The average molecular weight is 198 g/mol. The van der Waals surface area contributed by atoms with Gasteiger partial charge in [0.2, 0.25) is 0 Å². The number of ether oxygens (including phenoxy) is 1. The fourth-order valence-corrected chi connectivity index (χ4v) is 2.36. The summed E-state index contributed by atoms with van der Waals surface area (Å²) in [5.41, 5.74) is 0. The molecule has 2 aliphatic heterocycles. The molecule has 4 nitrogen and oxygen atoms in total. The predicted octanol–water partition coefficient (Wildman–Crippen LogP) is 0.827. The number of piperidine rings is 1. The first-order valence-electron chi connectivity index (χ1n) is 5.43. The van der Waals surface area contributed by atoms with E-state index < -0.39 is 0 Å². The van der Waals surface area contributed by atoms with Crippen LogP contribution in [0.2, 0.25) is 0 Å². The lowest BCUT2D eigenvalue weighted by atomic mass is 9.90. The molecule has 0 bridgehead atoms. The smallest absolute Gasteiger partial charge is 0.410 e. The quantitative estimate of drug-likeness (QED) is 0.714. The molecule has 0 aromatic rings. The van der Waals surface area contributed by atoms with Crippen LogP contribution in [0.4, 0.5) is 4.79 Å². The average Bonchev–Trinajstić information content (AvgIpc) is 2.65. The normalized spacial score (nSPS) is 26.4. The number of carbonyl (C=O) groups is 1. The van der Waals surface area contributed by atoms with Crippen molar-refractivity contribution in [1.82, 2.24) is 10.2 Å². The van der Waals surface area contributed by atoms with Crippen molar-refractivity contribution in [2.75, 3.05) is 26.2 Å². The van der Waals surface area contributed by atoms with Crippen LogP contribution >= 0.6 is 0 Å². The number of carbonyl (C=O) groups excluding carboxylic acids is 1. The Balaban J connectivity index is 1.92. The van der Waals surface area contributed by atoms with E-state index >= 15 is 0 Å². The third kappa shape index (κ3) is 1.85. The summed E-state index contributed by atoms with van der Waals surface area (Å²) in [6.45, 7) is 5.64. The number of amides is 1. The van der Waals surface area contributed by atoms with Gasteiger partial charge in [-0.2, -0.15) is 0 Å². The Morgan fingerprint density at radius 3 is 2.79 bits per heavy atom. The Morgan fingerprint density at radius 2 is 2.21 bits per heavy atom. The van der Waals surface area contributed by atoms with E-state index in [9.17, 15) is 4.79 Å². The highest BCUT2D eigenvalue weighted by molar-refractivity contribution is 5.69. The van der Waals surface area contributed by atoms with Gasteiger partial charge in [0.25, 0.3) is 0 Å². The first kappa shape index (κ1) is 9.77. The molecule has 1 N–H and O–H groups in total. The number of hydrogen-bond donors (Lipinski definition) is 1. The SMILES string of the molecule is CC(C1CCNCC1)N1CCOC1=O. The monoisotopic (exact) mass is 198 g/mol. The number of nitrogens with zero attached hydrogens (tertiary/aromatic N) is 1. The number of cyclic esters (lactones) is 1. The molecule has 0 aromatic carbocycles. The lowest BCUT2D eigenvalue weighted by Crippen LogP contribution is -2.43. The second kappa shape index (κ2) is 4.17. The van der Waals surface area contributed by atoms with Crippen LogP contribution in [0.25, 0.3) is 0 Å². The van der Waals surface area contributed by atoms with Gasteiger partial charge in [-0.3, -0.25) is 0 Å². The molecule has 0 saturated carbocycles. The molecule has 2 aliphatic rings. The summed E-state index contributed by atoms with van der Waals surface area (Å²) in [5.74, 6) is 0.641. The minimum Gasteiger partial charge on any atom is -0.448 e. The van der Waals surface area contributed by atoms with Crippen LogP contribution in [0.15, 0.2) is 0 Å². The van der Waals surface area contributed by atoms with Gasteiger partial charge in [-0.05, 0) is 38.8 Å². The summed E-state index contributed by atoms with van der Waals surface area (Å²) in [4.78, 5) is 13.2. The third-order valence-electron chi connectivity index (χ3n) is 3.35. The molecule has 1 amide bonds. The Labute approximate surface area is 84.6 Å². The van der Waals surface area contributed by atoms with Crippen LogP contribution in [0.3, 0.4) is 0 Å². The maximum Gasteiger partial charge on any atom is 0.410 e. The van der Waals surface area contributed by atoms with Gasteiger partial charge in [0.15, 0.2) is 0 Å². The van der Waals surface area contributed by atoms with Gasteiger partial charge in [-0.15, -0.1) is 0 Å². The summed E-state index contributed by atoms with van der Waals surface area (Å²) in [5, 5.41) is 3.34. The summed E-state index contributed by atoms with van der Waals surface area (Å²) < 4.78 is 4.95. The third-order valence-corrected chi connectivity index (χ3v) is 3.35. The second-order valence-corrected chi connectivity index (χ2v) is 4.14. The van der Waals surface area contributed by atoms with Crippen LogP contribution in [0.5, 0.6) is 0 Å². The molecule has 80 valence electrons. The van der Waals surface area contributed by atoms with Gasteiger partial charge in [0, 0.05) is 6.04 Å². The molecule has 0 spiro atoms. The summed E-state index contributed by atoms with van der Waals surface area (Å²) in [7, 11) is 0. The molecule has 1 unspecified atom stereocenters. The zero-order valence-electron chi connectivity index (χ0n) is 8.66. The van der Waals surface area contributed by atoms with Crippen molar-refractivity contribution in [1.29, 1.82) is 0 Å². The van der Waals surface area contributed by atoms with Gasteiger partial charge in [0.05, 0.1) is 6.54 Å². The fraction of sp³-hybridized carbons (Fsp3) is 0.900. The summed E-state index contributed by atoms with van der Waals surface area (Å²) in [6, 6.07) is 0.340. The molecule has 14 heavy (non-hydrogen) atoms. The zero-order chi connectivity index (χ0) is 9.97. The van der Waals surface area contributed by atoms with Crippen molar-refractivity contribution in [3.8, 4) is 0 Å². The molecule has 2 fully saturated rings. The standard InChI is InChI=1S/C10H18N2O2/c1-8(9-2-4-11-5-3-9)12-6-7-14-10(12)13/h8-9,11H,2-7H2,1H3. The lowest BCUT2D eigenvalue weighted by molar-refractivity contribution is 0.131. The van der Waals surface area contributed by atoms with E-state index in [0.29, 0.717) is 18.6 Å². The van der Waals surface area contributed by atoms with Gasteiger partial charge in [-0.1, -0.05) is 0 Å². The van der Waals surface area contributed by atoms with E-state index in [-0.39, 0.29) is 6.09 Å². The zero-order valence-corrected chi connectivity index (χ0v) is 8.66. The highest BCUT2D eigenvalue weighted by atomic mass is 16.6. The predicted molar refractivity (Wildman–Crippen MR) is 53.1 cm³/mol. The Kier molecular flexibility index (Phi) is 2.91. The number of hydrogen-bond acceptors (Lipinski definition) is 3. The number of nitrogens with one attached hydrogen (secondary N) is 1. The van der Waals surface area contributed by atoms with Crippen LogP contribution in [-0.4, -0.2) is 43.3 Å². The van der Waals surface area contributed by atoms with Gasteiger partial charge in [-0.25, -0.2) is 4.79 Å². The van der Waals surface area contributed by atoms with Crippen molar-refractivity contribution in [2.45, 2.75) is 25.8 Å². The minimum atomic E-state index is -0.129. The highest BCUT2D eigenvalue weighted by Gasteiger charge is 2.32. The Hall–Kier alpha value is -0.770. The Bertz CT molecular complexity index is 214. The van der Waals surface area contributed by atoms with E-state index in [4.69, 9.17) is 4.74 Å². The molecular formula is C10H18N2O2. The van der Waals surface area contributed by atoms with Crippen LogP contribution in [-0.2, 0) is 4.74 Å². The first-order valence-corrected chi connectivity index (χ1v) is 5.43.